The second-order valence-corrected chi connectivity index (χ2v) is 4.16. The van der Waals surface area contributed by atoms with Gasteiger partial charge in [0.15, 0.2) is 0 Å². The molecule has 1 aromatic rings. The first-order chi connectivity index (χ1) is 6.37. The van der Waals surface area contributed by atoms with E-state index in [0.717, 1.165) is 11.4 Å². The van der Waals surface area contributed by atoms with Crippen LogP contribution in [0.4, 0.5) is 11.4 Å². The van der Waals surface area contributed by atoms with Crippen molar-refractivity contribution >= 4 is 11.4 Å². The topological polar surface area (TPSA) is 29.3 Å². The fourth-order valence-corrected chi connectivity index (χ4v) is 1.90. The minimum absolute atomic E-state index is 0.913. The van der Waals surface area contributed by atoms with Crippen LogP contribution in [0.3, 0.4) is 0 Å². The van der Waals surface area contributed by atoms with Crippen molar-refractivity contribution in [2.45, 2.75) is 27.7 Å². The van der Waals surface area contributed by atoms with Crippen LogP contribution in [0.2, 0.25) is 0 Å². The highest BCUT2D eigenvalue weighted by atomic mass is 15.1. The van der Waals surface area contributed by atoms with Gasteiger partial charge in [0, 0.05) is 14.1 Å². The van der Waals surface area contributed by atoms with Crippen LogP contribution < -0.4 is 10.6 Å². The van der Waals surface area contributed by atoms with Gasteiger partial charge in [-0.3, -0.25) is 0 Å². The molecule has 0 radical (unpaired) electrons. The molecule has 0 heterocycles. The molecule has 14 heavy (non-hydrogen) atoms. The molecule has 0 atom stereocenters. The molecular formula is C12H20N2. The number of nitrogen functional groups attached to an aromatic ring is 1. The first-order valence-electron chi connectivity index (χ1n) is 4.91. The standard InChI is InChI=1S/C12H20N2/c1-7-8(2)10(4)12(14(5)6)11(13)9(7)3/h13H2,1-6H3. The van der Waals surface area contributed by atoms with Crippen LogP contribution in [0.15, 0.2) is 0 Å². The lowest BCUT2D eigenvalue weighted by molar-refractivity contribution is 1.09. The molecule has 0 spiro atoms. The van der Waals surface area contributed by atoms with Crippen molar-refractivity contribution in [1.29, 1.82) is 0 Å². The van der Waals surface area contributed by atoms with Gasteiger partial charge in [0.05, 0.1) is 11.4 Å². The van der Waals surface area contributed by atoms with Crippen molar-refractivity contribution in [3.63, 3.8) is 0 Å². The van der Waals surface area contributed by atoms with Gasteiger partial charge in [0.1, 0.15) is 0 Å². The third-order valence-corrected chi connectivity index (χ3v) is 3.15. The largest absolute Gasteiger partial charge is 0.397 e. The van der Waals surface area contributed by atoms with Gasteiger partial charge in [0.2, 0.25) is 0 Å². The molecular weight excluding hydrogens is 172 g/mol. The van der Waals surface area contributed by atoms with Crippen molar-refractivity contribution in [1.82, 2.24) is 0 Å². The Morgan fingerprint density at radius 2 is 1.21 bits per heavy atom. The summed E-state index contributed by atoms with van der Waals surface area (Å²) in [6.45, 7) is 8.51. The Bertz CT molecular complexity index is 336. The molecule has 0 amide bonds. The lowest BCUT2D eigenvalue weighted by Crippen LogP contribution is -2.15. The molecule has 0 aliphatic carbocycles. The number of benzene rings is 1. The van der Waals surface area contributed by atoms with E-state index in [-0.39, 0.29) is 0 Å². The minimum Gasteiger partial charge on any atom is -0.397 e. The van der Waals surface area contributed by atoms with Gasteiger partial charge in [-0.05, 0) is 49.9 Å². The second kappa shape index (κ2) is 3.52. The van der Waals surface area contributed by atoms with Crippen LogP contribution in [-0.2, 0) is 0 Å². The normalized spacial score (nSPS) is 10.4. The quantitative estimate of drug-likeness (QED) is 0.693. The average molecular weight is 192 g/mol. The summed E-state index contributed by atoms with van der Waals surface area (Å²) in [5.41, 5.74) is 13.3. The molecule has 0 fully saturated rings. The Balaban J connectivity index is 3.60. The van der Waals surface area contributed by atoms with Crippen LogP contribution >= 0.6 is 0 Å². The molecule has 2 heteroatoms. The van der Waals surface area contributed by atoms with E-state index in [1.54, 1.807) is 0 Å². The number of hydrogen-bond acceptors (Lipinski definition) is 2. The Morgan fingerprint density at radius 1 is 0.786 bits per heavy atom. The van der Waals surface area contributed by atoms with Gasteiger partial charge in [0.25, 0.3) is 0 Å². The predicted molar refractivity (Wildman–Crippen MR) is 64.1 cm³/mol. The van der Waals surface area contributed by atoms with Gasteiger partial charge in [-0.15, -0.1) is 0 Å². The molecule has 0 saturated carbocycles. The first-order valence-corrected chi connectivity index (χ1v) is 4.91. The van der Waals surface area contributed by atoms with E-state index >= 15 is 0 Å². The predicted octanol–water partition coefficient (Wildman–Crippen LogP) is 2.57. The monoisotopic (exact) mass is 192 g/mol. The highest BCUT2D eigenvalue weighted by molar-refractivity contribution is 5.77. The molecule has 0 aliphatic rings. The Morgan fingerprint density at radius 3 is 1.64 bits per heavy atom. The summed E-state index contributed by atoms with van der Waals surface area (Å²) in [5, 5.41) is 0. The van der Waals surface area contributed by atoms with Crippen LogP contribution in [-0.4, -0.2) is 14.1 Å². The van der Waals surface area contributed by atoms with E-state index in [9.17, 15) is 0 Å². The van der Waals surface area contributed by atoms with Crippen LogP contribution in [0.5, 0.6) is 0 Å². The number of rotatable bonds is 1. The third-order valence-electron chi connectivity index (χ3n) is 3.15. The molecule has 2 N–H and O–H groups in total. The number of hydrogen-bond donors (Lipinski definition) is 1. The van der Waals surface area contributed by atoms with Gasteiger partial charge < -0.3 is 10.6 Å². The summed E-state index contributed by atoms with van der Waals surface area (Å²) in [7, 11) is 4.07. The van der Waals surface area contributed by atoms with E-state index in [4.69, 9.17) is 5.73 Å². The molecule has 0 aromatic heterocycles. The van der Waals surface area contributed by atoms with Crippen LogP contribution in [0.1, 0.15) is 22.3 Å². The summed E-state index contributed by atoms with van der Waals surface area (Å²) in [6, 6.07) is 0. The number of anilines is 2. The molecule has 0 bridgehead atoms. The smallest absolute Gasteiger partial charge is 0.0630 e. The maximum atomic E-state index is 6.11. The third kappa shape index (κ3) is 1.45. The first kappa shape index (κ1) is 10.9. The summed E-state index contributed by atoms with van der Waals surface area (Å²) in [4.78, 5) is 2.09. The summed E-state index contributed by atoms with van der Waals surface area (Å²) in [5.74, 6) is 0. The van der Waals surface area contributed by atoms with E-state index in [2.05, 4.69) is 32.6 Å². The van der Waals surface area contributed by atoms with Crippen molar-refractivity contribution in [2.75, 3.05) is 24.7 Å². The number of nitrogens with two attached hydrogens (primary N) is 1. The number of nitrogens with zero attached hydrogens (tertiary/aromatic N) is 1. The molecule has 0 unspecified atom stereocenters. The zero-order valence-corrected chi connectivity index (χ0v) is 10.0. The molecule has 1 rings (SSSR count). The van der Waals surface area contributed by atoms with Crippen molar-refractivity contribution in [3.05, 3.63) is 22.3 Å². The highest BCUT2D eigenvalue weighted by Crippen LogP contribution is 2.34. The van der Waals surface area contributed by atoms with E-state index in [0.29, 0.717) is 0 Å². The maximum absolute atomic E-state index is 6.11. The van der Waals surface area contributed by atoms with Crippen molar-refractivity contribution < 1.29 is 0 Å². The Labute approximate surface area is 86.7 Å². The summed E-state index contributed by atoms with van der Waals surface area (Å²) < 4.78 is 0. The fourth-order valence-electron chi connectivity index (χ4n) is 1.90. The molecule has 0 aliphatic heterocycles. The molecule has 78 valence electrons. The lowest BCUT2D eigenvalue weighted by Gasteiger charge is -2.23. The lowest BCUT2D eigenvalue weighted by atomic mass is 9.95. The van der Waals surface area contributed by atoms with Gasteiger partial charge >= 0.3 is 0 Å². The van der Waals surface area contributed by atoms with E-state index < -0.39 is 0 Å². The fraction of sp³-hybridized carbons (Fsp3) is 0.500. The minimum atomic E-state index is 0.913. The Hall–Kier alpha value is -1.18. The summed E-state index contributed by atoms with van der Waals surface area (Å²) in [6.07, 6.45) is 0. The molecule has 0 saturated heterocycles. The maximum Gasteiger partial charge on any atom is 0.0630 e. The van der Waals surface area contributed by atoms with Crippen LogP contribution in [0.25, 0.3) is 0 Å². The van der Waals surface area contributed by atoms with E-state index in [1.165, 1.54) is 22.3 Å². The van der Waals surface area contributed by atoms with Crippen LogP contribution in [0, 0.1) is 27.7 Å². The van der Waals surface area contributed by atoms with Gasteiger partial charge in [-0.1, -0.05) is 0 Å². The molecule has 2 nitrogen and oxygen atoms in total. The summed E-state index contributed by atoms with van der Waals surface area (Å²) >= 11 is 0. The zero-order valence-electron chi connectivity index (χ0n) is 10.0. The SMILES string of the molecule is Cc1c(C)c(C)c(N(C)C)c(N)c1C. The second-order valence-electron chi connectivity index (χ2n) is 4.16. The van der Waals surface area contributed by atoms with Crippen molar-refractivity contribution in [2.24, 2.45) is 0 Å². The average Bonchev–Trinajstić information content (AvgIpc) is 2.11. The van der Waals surface area contributed by atoms with Crippen molar-refractivity contribution in [3.8, 4) is 0 Å². The van der Waals surface area contributed by atoms with Gasteiger partial charge in [-0.25, -0.2) is 0 Å². The van der Waals surface area contributed by atoms with E-state index in [1.807, 2.05) is 14.1 Å². The highest BCUT2D eigenvalue weighted by Gasteiger charge is 2.13. The molecule has 1 aromatic carbocycles. The Kier molecular flexibility index (Phi) is 2.74. The zero-order chi connectivity index (χ0) is 11.0. The van der Waals surface area contributed by atoms with Gasteiger partial charge in [-0.2, -0.15) is 0 Å².